The fourth-order valence-electron chi connectivity index (χ4n) is 3.55. The van der Waals surface area contributed by atoms with E-state index in [1.54, 1.807) is 7.11 Å². The Morgan fingerprint density at radius 2 is 2.07 bits per heavy atom. The van der Waals surface area contributed by atoms with Gasteiger partial charge in [0.15, 0.2) is 17.5 Å². The summed E-state index contributed by atoms with van der Waals surface area (Å²) in [6, 6.07) is 3.85. The summed E-state index contributed by atoms with van der Waals surface area (Å²) in [5.41, 5.74) is 1.34. The van der Waals surface area contributed by atoms with Gasteiger partial charge in [-0.1, -0.05) is 18.0 Å². The highest BCUT2D eigenvalue weighted by Crippen LogP contribution is 2.43. The van der Waals surface area contributed by atoms with Crippen LogP contribution in [0, 0.1) is 5.41 Å². The van der Waals surface area contributed by atoms with Crippen LogP contribution in [0.2, 0.25) is 5.02 Å². The highest BCUT2D eigenvalue weighted by atomic mass is 35.5. The normalized spacial score (nSPS) is 18.0. The fourth-order valence-corrected chi connectivity index (χ4v) is 3.84. The fraction of sp³-hybridized carbons (Fsp3) is 0.650. The lowest BCUT2D eigenvalue weighted by Crippen LogP contribution is -2.46. The number of rotatable bonds is 8. The molecule has 3 rings (SSSR count). The van der Waals surface area contributed by atoms with E-state index in [1.807, 2.05) is 12.1 Å². The molecule has 0 spiro atoms. The summed E-state index contributed by atoms with van der Waals surface area (Å²) >= 11 is 6.32. The number of aliphatic imine (C=N–C) groups is 1. The van der Waals surface area contributed by atoms with Crippen LogP contribution < -0.4 is 20.1 Å². The van der Waals surface area contributed by atoms with E-state index in [1.165, 1.54) is 19.3 Å². The van der Waals surface area contributed by atoms with Crippen LogP contribution in [0.15, 0.2) is 17.1 Å². The Hall–Kier alpha value is -1.66. The van der Waals surface area contributed by atoms with Crippen molar-refractivity contribution in [3.05, 3.63) is 22.7 Å². The molecule has 0 bridgehead atoms. The molecular formula is C20H30ClN3O3. The van der Waals surface area contributed by atoms with Crippen molar-refractivity contribution in [1.29, 1.82) is 0 Å². The standard InChI is InChI=1S/C20H30ClN3O3/c1-3-22-19(24-14-20(5-4-6-20)7-8-25-2)23-13-15-11-16(21)18-17(12-15)26-9-10-27-18/h11-12H,3-10,13-14H2,1-2H3,(H2,22,23,24). The second-order valence-electron chi connectivity index (χ2n) is 7.25. The average molecular weight is 396 g/mol. The molecule has 1 aliphatic carbocycles. The summed E-state index contributed by atoms with van der Waals surface area (Å²) in [6.45, 7) is 6.22. The lowest BCUT2D eigenvalue weighted by atomic mass is 9.67. The molecular weight excluding hydrogens is 366 g/mol. The number of ether oxygens (including phenoxy) is 3. The first kappa shape index (κ1) is 20.1. The highest BCUT2D eigenvalue weighted by molar-refractivity contribution is 6.32. The molecule has 6 nitrogen and oxygen atoms in total. The van der Waals surface area contributed by atoms with E-state index in [9.17, 15) is 0 Å². The first-order chi connectivity index (χ1) is 13.2. The number of guanidine groups is 1. The third-order valence-electron chi connectivity index (χ3n) is 5.30. The highest BCUT2D eigenvalue weighted by Gasteiger charge is 2.36. The molecule has 0 aromatic heterocycles. The summed E-state index contributed by atoms with van der Waals surface area (Å²) in [7, 11) is 1.77. The van der Waals surface area contributed by atoms with Crippen LogP contribution in [-0.2, 0) is 11.3 Å². The smallest absolute Gasteiger partial charge is 0.191 e. The van der Waals surface area contributed by atoms with Crippen molar-refractivity contribution in [2.24, 2.45) is 10.4 Å². The van der Waals surface area contributed by atoms with Crippen LogP contribution in [0.3, 0.4) is 0 Å². The van der Waals surface area contributed by atoms with Crippen molar-refractivity contribution in [3.8, 4) is 11.5 Å². The third kappa shape index (κ3) is 5.20. The lowest BCUT2D eigenvalue weighted by Gasteiger charge is -2.42. The Morgan fingerprint density at radius 3 is 2.78 bits per heavy atom. The van der Waals surface area contributed by atoms with Gasteiger partial charge in [-0.3, -0.25) is 0 Å². The molecule has 7 heteroatoms. The van der Waals surface area contributed by atoms with Crippen LogP contribution in [-0.4, -0.2) is 46.0 Å². The van der Waals surface area contributed by atoms with Crippen LogP contribution in [0.4, 0.5) is 0 Å². The Balaban J connectivity index is 1.63. The van der Waals surface area contributed by atoms with Gasteiger partial charge in [-0.15, -0.1) is 0 Å². The van der Waals surface area contributed by atoms with Gasteiger partial charge in [0.2, 0.25) is 0 Å². The molecule has 1 aromatic rings. The summed E-state index contributed by atoms with van der Waals surface area (Å²) in [5, 5.41) is 7.41. The molecule has 0 radical (unpaired) electrons. The number of nitrogens with zero attached hydrogens (tertiary/aromatic N) is 1. The van der Waals surface area contributed by atoms with Gasteiger partial charge in [0.1, 0.15) is 13.2 Å². The SMILES string of the molecule is CCNC(=NCc1cc(Cl)c2c(c1)OCCO2)NCC1(CCOC)CCC1. The molecule has 0 amide bonds. The van der Waals surface area contributed by atoms with Gasteiger partial charge in [-0.2, -0.15) is 0 Å². The van der Waals surface area contributed by atoms with Crippen molar-refractivity contribution in [3.63, 3.8) is 0 Å². The number of fused-ring (bicyclic) bond motifs is 1. The van der Waals surface area contributed by atoms with Gasteiger partial charge in [0.05, 0.1) is 11.6 Å². The number of benzene rings is 1. The Bertz CT molecular complexity index is 662. The minimum atomic E-state index is 0.340. The zero-order valence-corrected chi connectivity index (χ0v) is 17.0. The number of methoxy groups -OCH3 is 1. The van der Waals surface area contributed by atoms with Crippen LogP contribution >= 0.6 is 11.6 Å². The zero-order valence-electron chi connectivity index (χ0n) is 16.3. The van der Waals surface area contributed by atoms with Crippen LogP contribution in [0.1, 0.15) is 38.2 Å². The van der Waals surface area contributed by atoms with E-state index in [0.29, 0.717) is 41.7 Å². The second kappa shape index (κ2) is 9.51. The van der Waals surface area contributed by atoms with Gasteiger partial charge in [-0.05, 0) is 49.3 Å². The first-order valence-corrected chi connectivity index (χ1v) is 10.1. The molecule has 2 aliphatic rings. The summed E-state index contributed by atoms with van der Waals surface area (Å²) in [4.78, 5) is 4.72. The van der Waals surface area contributed by atoms with Gasteiger partial charge in [-0.25, -0.2) is 4.99 Å². The lowest BCUT2D eigenvalue weighted by molar-refractivity contribution is 0.0732. The molecule has 1 aliphatic heterocycles. The molecule has 1 saturated carbocycles. The zero-order chi connectivity index (χ0) is 19.1. The largest absolute Gasteiger partial charge is 0.486 e. The van der Waals surface area contributed by atoms with Gasteiger partial charge < -0.3 is 24.8 Å². The topological polar surface area (TPSA) is 64.1 Å². The van der Waals surface area contributed by atoms with E-state index >= 15 is 0 Å². The van der Waals surface area contributed by atoms with Crippen molar-refractivity contribution in [1.82, 2.24) is 10.6 Å². The Kier molecular flexibility index (Phi) is 7.07. The van der Waals surface area contributed by atoms with E-state index in [2.05, 4.69) is 17.6 Å². The maximum atomic E-state index is 6.32. The number of halogens is 1. The van der Waals surface area contributed by atoms with E-state index < -0.39 is 0 Å². The Labute approximate surface area is 166 Å². The maximum Gasteiger partial charge on any atom is 0.191 e. The number of hydrogen-bond acceptors (Lipinski definition) is 4. The number of hydrogen-bond donors (Lipinski definition) is 2. The molecule has 1 fully saturated rings. The van der Waals surface area contributed by atoms with E-state index in [-0.39, 0.29) is 0 Å². The van der Waals surface area contributed by atoms with Crippen LogP contribution in [0.5, 0.6) is 11.5 Å². The molecule has 0 atom stereocenters. The molecule has 2 N–H and O–H groups in total. The molecule has 1 heterocycles. The third-order valence-corrected chi connectivity index (χ3v) is 5.58. The van der Waals surface area contributed by atoms with Crippen molar-refractivity contribution >= 4 is 17.6 Å². The average Bonchev–Trinajstić information content (AvgIpc) is 2.65. The van der Waals surface area contributed by atoms with Crippen molar-refractivity contribution < 1.29 is 14.2 Å². The molecule has 0 saturated heterocycles. The van der Waals surface area contributed by atoms with Crippen molar-refractivity contribution in [2.75, 3.05) is 40.0 Å². The summed E-state index contributed by atoms with van der Waals surface area (Å²) < 4.78 is 16.5. The first-order valence-electron chi connectivity index (χ1n) is 9.75. The molecule has 27 heavy (non-hydrogen) atoms. The van der Waals surface area contributed by atoms with E-state index in [4.69, 9.17) is 30.8 Å². The molecule has 0 unspecified atom stereocenters. The monoisotopic (exact) mass is 395 g/mol. The van der Waals surface area contributed by atoms with E-state index in [0.717, 1.165) is 37.6 Å². The predicted octanol–water partition coefficient (Wildman–Crippen LogP) is 3.37. The quantitative estimate of drug-likeness (QED) is 0.522. The van der Waals surface area contributed by atoms with Gasteiger partial charge in [0, 0.05) is 26.8 Å². The minimum absolute atomic E-state index is 0.340. The van der Waals surface area contributed by atoms with Gasteiger partial charge in [0.25, 0.3) is 0 Å². The molecule has 1 aromatic carbocycles. The Morgan fingerprint density at radius 1 is 1.26 bits per heavy atom. The summed E-state index contributed by atoms with van der Waals surface area (Å²) in [5.74, 6) is 2.16. The predicted molar refractivity (Wildman–Crippen MR) is 108 cm³/mol. The minimum Gasteiger partial charge on any atom is -0.486 e. The maximum absolute atomic E-state index is 6.32. The van der Waals surface area contributed by atoms with Gasteiger partial charge >= 0.3 is 0 Å². The van der Waals surface area contributed by atoms with Crippen molar-refractivity contribution in [2.45, 2.75) is 39.2 Å². The summed E-state index contributed by atoms with van der Waals surface area (Å²) in [6.07, 6.45) is 4.89. The second-order valence-corrected chi connectivity index (χ2v) is 7.65. The number of nitrogens with one attached hydrogen (secondary N) is 2. The molecule has 150 valence electrons. The van der Waals surface area contributed by atoms with Crippen LogP contribution in [0.25, 0.3) is 0 Å².